The molecule has 0 unspecified atom stereocenters. The van der Waals surface area contributed by atoms with E-state index >= 15 is 0 Å². The number of carbonyl (C=O) groups excluding carboxylic acids is 4. The number of hydrogen-bond donors (Lipinski definition) is 3. The molecule has 0 rings (SSSR count). The Kier molecular flexibility index (Phi) is 13.1. The maximum atomic E-state index is 12.3. The molecule has 0 aromatic rings. The van der Waals surface area contributed by atoms with Gasteiger partial charge >= 0.3 is 5.97 Å². The number of rotatable bonds is 14. The van der Waals surface area contributed by atoms with Gasteiger partial charge in [0.2, 0.25) is 11.8 Å². The number of ether oxygens (including phenoxy) is 1. The van der Waals surface area contributed by atoms with Crippen molar-refractivity contribution in [1.29, 1.82) is 0 Å². The quantitative estimate of drug-likeness (QED) is 0.233. The van der Waals surface area contributed by atoms with Crippen LogP contribution in [-0.4, -0.2) is 55.8 Å². The van der Waals surface area contributed by atoms with Gasteiger partial charge in [-0.25, -0.2) is 0 Å². The van der Waals surface area contributed by atoms with Gasteiger partial charge in [-0.1, -0.05) is 27.2 Å². The van der Waals surface area contributed by atoms with E-state index in [1.807, 2.05) is 20.8 Å². The molecule has 0 radical (unpaired) electrons. The van der Waals surface area contributed by atoms with E-state index in [1.165, 1.54) is 0 Å². The molecule has 156 valence electrons. The van der Waals surface area contributed by atoms with Crippen molar-refractivity contribution in [3.05, 3.63) is 0 Å². The van der Waals surface area contributed by atoms with Crippen LogP contribution in [0.2, 0.25) is 0 Å². The Labute approximate surface area is 162 Å². The smallest absolute Gasteiger partial charge is 0.305 e. The number of esters is 1. The minimum atomic E-state index is -0.792. The lowest BCUT2D eigenvalue weighted by Crippen LogP contribution is -2.53. The summed E-state index contributed by atoms with van der Waals surface area (Å²) in [5.74, 6) is -0.885. The molecular weight excluding hydrogens is 350 g/mol. The molecule has 8 nitrogen and oxygen atoms in total. The van der Waals surface area contributed by atoms with Crippen molar-refractivity contribution in [2.45, 2.75) is 77.9 Å². The summed E-state index contributed by atoms with van der Waals surface area (Å²) in [6, 6.07) is -1.98. The minimum absolute atomic E-state index is 0.116. The summed E-state index contributed by atoms with van der Waals surface area (Å²) in [6.45, 7) is 7.86. The Hall–Kier alpha value is -1.96. The predicted molar refractivity (Wildman–Crippen MR) is 103 cm³/mol. The highest BCUT2D eigenvalue weighted by Gasteiger charge is 2.24. The topological polar surface area (TPSA) is 114 Å². The number of nitrogens with one attached hydrogen (secondary N) is 3. The van der Waals surface area contributed by atoms with Gasteiger partial charge < -0.3 is 25.5 Å². The molecule has 2 amide bonds. The lowest BCUT2D eigenvalue weighted by atomic mass is 10.0. The molecule has 8 heteroatoms. The average molecular weight is 386 g/mol. The molecule has 0 fully saturated rings. The minimum Gasteiger partial charge on any atom is -0.466 e. The van der Waals surface area contributed by atoms with E-state index in [0.717, 1.165) is 12.8 Å². The molecule has 0 bridgehead atoms. The van der Waals surface area contributed by atoms with Crippen LogP contribution in [0, 0.1) is 5.92 Å². The third-order valence-corrected chi connectivity index (χ3v) is 4.03. The molecule has 3 atom stereocenters. The van der Waals surface area contributed by atoms with Gasteiger partial charge in [0.15, 0.2) is 0 Å². The van der Waals surface area contributed by atoms with E-state index in [4.69, 9.17) is 4.74 Å². The SMILES string of the molecule is CCCCOC(=O)CC[C@H](NC)C(=O)N[C@@H](C)C(=O)N[C@H](C=O)CC(C)C. The lowest BCUT2D eigenvalue weighted by molar-refractivity contribution is -0.144. The van der Waals surface area contributed by atoms with E-state index in [-0.39, 0.29) is 30.6 Å². The van der Waals surface area contributed by atoms with Gasteiger partial charge in [0.25, 0.3) is 0 Å². The fraction of sp³-hybridized carbons (Fsp3) is 0.789. The van der Waals surface area contributed by atoms with Crippen LogP contribution in [0.4, 0.5) is 0 Å². The van der Waals surface area contributed by atoms with Crippen LogP contribution >= 0.6 is 0 Å². The second-order valence-corrected chi connectivity index (χ2v) is 7.06. The van der Waals surface area contributed by atoms with Gasteiger partial charge in [-0.15, -0.1) is 0 Å². The molecule has 0 aromatic carbocycles. The van der Waals surface area contributed by atoms with Crippen LogP contribution in [0.5, 0.6) is 0 Å². The van der Waals surface area contributed by atoms with Crippen molar-refractivity contribution in [2.24, 2.45) is 5.92 Å². The van der Waals surface area contributed by atoms with Crippen molar-refractivity contribution < 1.29 is 23.9 Å². The van der Waals surface area contributed by atoms with Gasteiger partial charge in [-0.05, 0) is 39.2 Å². The fourth-order valence-electron chi connectivity index (χ4n) is 2.41. The summed E-state index contributed by atoms with van der Waals surface area (Å²) in [5, 5.41) is 8.07. The Morgan fingerprint density at radius 2 is 1.74 bits per heavy atom. The van der Waals surface area contributed by atoms with Gasteiger partial charge in [0.05, 0.1) is 18.7 Å². The van der Waals surface area contributed by atoms with Crippen molar-refractivity contribution in [1.82, 2.24) is 16.0 Å². The first-order valence-corrected chi connectivity index (χ1v) is 9.64. The van der Waals surface area contributed by atoms with Crippen molar-refractivity contribution in [2.75, 3.05) is 13.7 Å². The third-order valence-electron chi connectivity index (χ3n) is 4.03. The molecule has 0 aliphatic rings. The zero-order chi connectivity index (χ0) is 20.8. The Morgan fingerprint density at radius 3 is 2.26 bits per heavy atom. The van der Waals surface area contributed by atoms with Crippen molar-refractivity contribution in [3.8, 4) is 0 Å². The van der Waals surface area contributed by atoms with E-state index in [0.29, 0.717) is 19.3 Å². The number of hydrogen-bond acceptors (Lipinski definition) is 6. The monoisotopic (exact) mass is 385 g/mol. The molecule has 27 heavy (non-hydrogen) atoms. The molecule has 3 N–H and O–H groups in total. The number of unbranched alkanes of at least 4 members (excludes halogenated alkanes) is 1. The van der Waals surface area contributed by atoms with E-state index < -0.39 is 24.0 Å². The van der Waals surface area contributed by atoms with Crippen LogP contribution < -0.4 is 16.0 Å². The van der Waals surface area contributed by atoms with E-state index in [2.05, 4.69) is 16.0 Å². The molecule has 0 aliphatic heterocycles. The number of carbonyl (C=O) groups is 4. The van der Waals surface area contributed by atoms with Crippen LogP contribution in [0.3, 0.4) is 0 Å². The van der Waals surface area contributed by atoms with Gasteiger partial charge in [0, 0.05) is 6.42 Å². The molecule has 0 spiro atoms. The van der Waals surface area contributed by atoms with Crippen molar-refractivity contribution in [3.63, 3.8) is 0 Å². The molecule has 0 aromatic heterocycles. The largest absolute Gasteiger partial charge is 0.466 e. The van der Waals surface area contributed by atoms with Crippen LogP contribution in [0.1, 0.15) is 59.8 Å². The Morgan fingerprint density at radius 1 is 1.07 bits per heavy atom. The summed E-state index contributed by atoms with van der Waals surface area (Å²) in [4.78, 5) is 47.2. The van der Waals surface area contributed by atoms with Gasteiger partial charge in [-0.2, -0.15) is 0 Å². The number of likely N-dealkylation sites (N-methyl/N-ethyl adjacent to an activating group) is 1. The zero-order valence-electron chi connectivity index (χ0n) is 17.2. The molecular formula is C19H35N3O5. The highest BCUT2D eigenvalue weighted by Crippen LogP contribution is 2.04. The Balaban J connectivity index is 4.44. The predicted octanol–water partition coefficient (Wildman–Crippen LogP) is 0.932. The summed E-state index contributed by atoms with van der Waals surface area (Å²) < 4.78 is 5.07. The van der Waals surface area contributed by atoms with Gasteiger partial charge in [0.1, 0.15) is 12.3 Å². The maximum Gasteiger partial charge on any atom is 0.305 e. The summed E-state index contributed by atoms with van der Waals surface area (Å²) >= 11 is 0. The summed E-state index contributed by atoms with van der Waals surface area (Å²) in [5.41, 5.74) is 0. The number of aldehydes is 1. The first kappa shape index (κ1) is 25.0. The highest BCUT2D eigenvalue weighted by atomic mass is 16.5. The van der Waals surface area contributed by atoms with Crippen LogP contribution in [-0.2, 0) is 23.9 Å². The molecule has 0 aliphatic carbocycles. The fourth-order valence-corrected chi connectivity index (χ4v) is 2.41. The second kappa shape index (κ2) is 14.1. The van der Waals surface area contributed by atoms with E-state index in [9.17, 15) is 19.2 Å². The highest BCUT2D eigenvalue weighted by molar-refractivity contribution is 5.90. The normalized spacial score (nSPS) is 14.1. The molecule has 0 heterocycles. The van der Waals surface area contributed by atoms with Gasteiger partial charge in [-0.3, -0.25) is 14.4 Å². The summed E-state index contributed by atoms with van der Waals surface area (Å²) in [7, 11) is 1.61. The zero-order valence-corrected chi connectivity index (χ0v) is 17.2. The van der Waals surface area contributed by atoms with Crippen molar-refractivity contribution >= 4 is 24.1 Å². The number of amides is 2. The lowest BCUT2D eigenvalue weighted by Gasteiger charge is -2.21. The first-order chi connectivity index (χ1) is 12.7. The first-order valence-electron chi connectivity index (χ1n) is 9.64. The second-order valence-electron chi connectivity index (χ2n) is 7.06. The van der Waals surface area contributed by atoms with Crippen LogP contribution in [0.15, 0.2) is 0 Å². The van der Waals surface area contributed by atoms with E-state index in [1.54, 1.807) is 14.0 Å². The average Bonchev–Trinajstić information content (AvgIpc) is 2.61. The van der Waals surface area contributed by atoms with Crippen LogP contribution in [0.25, 0.3) is 0 Å². The third kappa shape index (κ3) is 11.4. The molecule has 0 saturated heterocycles. The standard InChI is InChI=1S/C19H35N3O5/c1-6-7-10-27-17(24)9-8-16(20-5)19(26)21-14(4)18(25)22-15(12-23)11-13(2)3/h12-16,20H,6-11H2,1-5H3,(H,21,26)(H,22,25)/t14-,15-,16-/m0/s1. The molecule has 0 saturated carbocycles. The summed E-state index contributed by atoms with van der Waals surface area (Å²) in [6.07, 6.45) is 3.38. The maximum absolute atomic E-state index is 12.3. The Bertz CT molecular complexity index is 482.